The van der Waals surface area contributed by atoms with Crippen molar-refractivity contribution in [3.63, 3.8) is 0 Å². The van der Waals surface area contributed by atoms with Gasteiger partial charge in [-0.05, 0) is 43.0 Å². The molecule has 0 saturated carbocycles. The predicted molar refractivity (Wildman–Crippen MR) is 93.3 cm³/mol. The fraction of sp³-hybridized carbons (Fsp3) is 0.263. The smallest absolute Gasteiger partial charge is 0.254 e. The van der Waals surface area contributed by atoms with Crippen LogP contribution in [0.15, 0.2) is 55.2 Å². The molecule has 1 aliphatic rings. The van der Waals surface area contributed by atoms with E-state index in [0.717, 1.165) is 19.4 Å². The van der Waals surface area contributed by atoms with Gasteiger partial charge >= 0.3 is 0 Å². The summed E-state index contributed by atoms with van der Waals surface area (Å²) in [5.41, 5.74) is 3.09. The Hall–Kier alpha value is -3.02. The molecule has 1 aromatic carbocycles. The van der Waals surface area contributed by atoms with Gasteiger partial charge in [0.2, 0.25) is 0 Å². The Morgan fingerprint density at radius 3 is 2.92 bits per heavy atom. The lowest BCUT2D eigenvalue weighted by atomic mass is 9.99. The summed E-state index contributed by atoms with van der Waals surface area (Å²) in [7, 11) is 0. The van der Waals surface area contributed by atoms with Gasteiger partial charge < -0.3 is 4.90 Å². The molecule has 25 heavy (non-hydrogen) atoms. The molecule has 4 rings (SSSR count). The van der Waals surface area contributed by atoms with Crippen molar-refractivity contribution in [3.05, 3.63) is 71.9 Å². The molecule has 1 saturated heterocycles. The molecule has 1 atom stereocenters. The predicted octanol–water partition coefficient (Wildman–Crippen LogP) is 2.95. The van der Waals surface area contributed by atoms with E-state index >= 15 is 0 Å². The van der Waals surface area contributed by atoms with Gasteiger partial charge in [0.05, 0.1) is 6.04 Å². The second-order valence-corrected chi connectivity index (χ2v) is 6.26. The molecule has 0 radical (unpaired) electrons. The van der Waals surface area contributed by atoms with Crippen molar-refractivity contribution in [2.75, 3.05) is 6.54 Å². The molecule has 1 unspecified atom stereocenters. The van der Waals surface area contributed by atoms with Gasteiger partial charge in [0.1, 0.15) is 12.7 Å². The number of nitrogens with zero attached hydrogens (tertiary/aromatic N) is 5. The van der Waals surface area contributed by atoms with Crippen molar-refractivity contribution < 1.29 is 4.79 Å². The maximum Gasteiger partial charge on any atom is 0.254 e. The molecule has 0 N–H and O–H groups in total. The molecule has 6 heteroatoms. The lowest BCUT2D eigenvalue weighted by Crippen LogP contribution is -2.31. The number of carbonyl (C=O) groups excluding carboxylic acids is 1. The van der Waals surface area contributed by atoms with E-state index in [1.807, 2.05) is 17.0 Å². The van der Waals surface area contributed by atoms with E-state index in [1.165, 1.54) is 17.5 Å². The van der Waals surface area contributed by atoms with Crippen LogP contribution in [-0.2, 0) is 0 Å². The van der Waals surface area contributed by atoms with Gasteiger partial charge in [0.25, 0.3) is 5.91 Å². The number of amides is 1. The van der Waals surface area contributed by atoms with Gasteiger partial charge in [-0.2, -0.15) is 5.10 Å². The van der Waals surface area contributed by atoms with E-state index in [1.54, 1.807) is 29.3 Å². The number of aryl methyl sites for hydroxylation is 1. The summed E-state index contributed by atoms with van der Waals surface area (Å²) in [6.45, 7) is 2.88. The first-order valence-corrected chi connectivity index (χ1v) is 8.41. The summed E-state index contributed by atoms with van der Waals surface area (Å²) < 4.78 is 1.56. The van der Waals surface area contributed by atoms with Gasteiger partial charge in [-0.3, -0.25) is 4.79 Å². The Kier molecular flexibility index (Phi) is 4.01. The van der Waals surface area contributed by atoms with Crippen molar-refractivity contribution >= 4 is 5.91 Å². The zero-order valence-corrected chi connectivity index (χ0v) is 14.0. The highest BCUT2D eigenvalue weighted by atomic mass is 16.2. The largest absolute Gasteiger partial charge is 0.332 e. The highest BCUT2D eigenvalue weighted by Gasteiger charge is 2.31. The maximum atomic E-state index is 13.1. The van der Waals surface area contributed by atoms with Crippen LogP contribution in [0.2, 0.25) is 0 Å². The van der Waals surface area contributed by atoms with Crippen LogP contribution >= 0.6 is 0 Å². The second kappa shape index (κ2) is 6.47. The van der Waals surface area contributed by atoms with Crippen LogP contribution in [0.25, 0.3) is 5.82 Å². The summed E-state index contributed by atoms with van der Waals surface area (Å²) in [4.78, 5) is 23.3. The van der Waals surface area contributed by atoms with Crippen molar-refractivity contribution in [1.82, 2.24) is 24.6 Å². The molecule has 1 aliphatic heterocycles. The topological polar surface area (TPSA) is 63.9 Å². The molecule has 126 valence electrons. The number of likely N-dealkylation sites (tertiary alicyclic amines) is 1. The summed E-state index contributed by atoms with van der Waals surface area (Å²) in [5.74, 6) is 0.629. The normalized spacial score (nSPS) is 17.0. The Bertz CT molecular complexity index is 890. The average Bonchev–Trinajstić information content (AvgIpc) is 3.33. The van der Waals surface area contributed by atoms with E-state index in [4.69, 9.17) is 0 Å². The Morgan fingerprint density at radius 1 is 1.24 bits per heavy atom. The number of rotatable bonds is 3. The third kappa shape index (κ3) is 2.91. The Balaban J connectivity index is 1.64. The highest BCUT2D eigenvalue weighted by Crippen LogP contribution is 2.34. The van der Waals surface area contributed by atoms with Crippen LogP contribution in [0, 0.1) is 6.92 Å². The zero-order valence-electron chi connectivity index (χ0n) is 14.0. The molecule has 3 heterocycles. The van der Waals surface area contributed by atoms with Crippen molar-refractivity contribution in [3.8, 4) is 5.82 Å². The van der Waals surface area contributed by atoms with Gasteiger partial charge in [0, 0.05) is 18.3 Å². The number of hydrogen-bond donors (Lipinski definition) is 0. The first-order valence-electron chi connectivity index (χ1n) is 8.41. The van der Waals surface area contributed by atoms with Gasteiger partial charge in [-0.25, -0.2) is 14.6 Å². The third-order valence-corrected chi connectivity index (χ3v) is 4.71. The first kappa shape index (κ1) is 15.5. The van der Waals surface area contributed by atoms with Crippen LogP contribution in [0.1, 0.15) is 40.4 Å². The Morgan fingerprint density at radius 2 is 2.12 bits per heavy atom. The monoisotopic (exact) mass is 333 g/mol. The summed E-state index contributed by atoms with van der Waals surface area (Å²) in [6.07, 6.45) is 6.68. The minimum absolute atomic E-state index is 0.0366. The lowest BCUT2D eigenvalue weighted by molar-refractivity contribution is 0.0735. The number of aromatic nitrogens is 4. The molecular weight excluding hydrogens is 314 g/mol. The number of hydrogen-bond acceptors (Lipinski definition) is 4. The summed E-state index contributed by atoms with van der Waals surface area (Å²) >= 11 is 0. The quantitative estimate of drug-likeness (QED) is 0.739. The molecule has 0 spiro atoms. The van der Waals surface area contributed by atoms with E-state index < -0.39 is 0 Å². The molecule has 0 bridgehead atoms. The summed E-state index contributed by atoms with van der Waals surface area (Å²) in [5, 5.41) is 4.08. The fourth-order valence-electron chi connectivity index (χ4n) is 3.46. The van der Waals surface area contributed by atoms with Crippen molar-refractivity contribution in [2.45, 2.75) is 25.8 Å². The number of benzene rings is 1. The highest BCUT2D eigenvalue weighted by molar-refractivity contribution is 5.95. The number of pyridine rings is 1. The van der Waals surface area contributed by atoms with Crippen LogP contribution < -0.4 is 0 Å². The van der Waals surface area contributed by atoms with E-state index in [9.17, 15) is 4.79 Å². The van der Waals surface area contributed by atoms with Crippen LogP contribution in [-0.4, -0.2) is 37.1 Å². The van der Waals surface area contributed by atoms with E-state index in [2.05, 4.69) is 34.1 Å². The van der Waals surface area contributed by atoms with Crippen molar-refractivity contribution in [1.29, 1.82) is 0 Å². The Labute approximate surface area is 146 Å². The van der Waals surface area contributed by atoms with Gasteiger partial charge in [0.15, 0.2) is 5.82 Å². The van der Waals surface area contributed by atoms with Gasteiger partial charge in [-0.15, -0.1) is 0 Å². The zero-order chi connectivity index (χ0) is 17.2. The standard InChI is InChI=1S/C19H19N5O/c1-14-5-2-3-6-16(14)17-7-4-10-23(17)19(25)15-8-9-21-18(11-15)24-13-20-12-22-24/h2-3,5-6,8-9,11-13,17H,4,7,10H2,1H3. The maximum absolute atomic E-state index is 13.1. The SMILES string of the molecule is Cc1ccccc1C1CCCN1C(=O)c1ccnc(-n2cncn2)c1. The van der Waals surface area contributed by atoms with Gasteiger partial charge in [-0.1, -0.05) is 24.3 Å². The van der Waals surface area contributed by atoms with E-state index in [-0.39, 0.29) is 11.9 Å². The average molecular weight is 333 g/mol. The molecule has 1 fully saturated rings. The fourth-order valence-corrected chi connectivity index (χ4v) is 3.46. The van der Waals surface area contributed by atoms with Crippen LogP contribution in [0.3, 0.4) is 0 Å². The van der Waals surface area contributed by atoms with Crippen molar-refractivity contribution in [2.24, 2.45) is 0 Å². The molecule has 3 aromatic rings. The molecular formula is C19H19N5O. The minimum atomic E-state index is 0.0366. The van der Waals surface area contributed by atoms with E-state index in [0.29, 0.717) is 11.4 Å². The molecule has 0 aliphatic carbocycles. The lowest BCUT2D eigenvalue weighted by Gasteiger charge is -2.26. The molecule has 1 amide bonds. The molecule has 2 aromatic heterocycles. The van der Waals surface area contributed by atoms with Crippen LogP contribution in [0.4, 0.5) is 0 Å². The number of carbonyl (C=O) groups is 1. The first-order chi connectivity index (χ1) is 12.2. The minimum Gasteiger partial charge on any atom is -0.332 e. The third-order valence-electron chi connectivity index (χ3n) is 4.71. The van der Waals surface area contributed by atoms with Crippen LogP contribution in [0.5, 0.6) is 0 Å². The molecule has 6 nitrogen and oxygen atoms in total. The summed E-state index contributed by atoms with van der Waals surface area (Å²) in [6, 6.07) is 12.0. The second-order valence-electron chi connectivity index (χ2n) is 6.26.